The van der Waals surface area contributed by atoms with E-state index < -0.39 is 0 Å². The van der Waals surface area contributed by atoms with Gasteiger partial charge in [0.1, 0.15) is 5.75 Å². The smallest absolute Gasteiger partial charge is 0.217 e. The summed E-state index contributed by atoms with van der Waals surface area (Å²) in [6, 6.07) is 4.14. The summed E-state index contributed by atoms with van der Waals surface area (Å²) in [5.41, 5.74) is 2.44. The van der Waals surface area contributed by atoms with Crippen molar-refractivity contribution >= 4 is 21.8 Å². The number of amides is 1. The number of halogens is 1. The van der Waals surface area contributed by atoms with E-state index in [1.165, 1.54) is 36.8 Å². The number of nitrogens with one attached hydrogen (secondary N) is 1. The highest BCUT2D eigenvalue weighted by Crippen LogP contribution is 2.48. The van der Waals surface area contributed by atoms with Gasteiger partial charge in [-0.2, -0.15) is 0 Å². The van der Waals surface area contributed by atoms with Crippen LogP contribution in [0.4, 0.5) is 0 Å². The molecule has 1 aromatic carbocycles. The van der Waals surface area contributed by atoms with Gasteiger partial charge in [-0.05, 0) is 64.4 Å². The largest absolute Gasteiger partial charge is 0.507 e. The molecule has 1 amide bonds. The molecule has 0 saturated heterocycles. The molecular formula is C18H24BrNO2. The predicted octanol–water partition coefficient (Wildman–Crippen LogP) is 4.05. The maximum Gasteiger partial charge on any atom is 0.217 e. The number of phenolic OH excluding ortho intramolecular Hbond substituents is 1. The Morgan fingerprint density at radius 2 is 2.14 bits per heavy atom. The fourth-order valence-corrected chi connectivity index (χ4v) is 4.91. The van der Waals surface area contributed by atoms with E-state index in [0.717, 1.165) is 17.3 Å². The molecule has 0 radical (unpaired) electrons. The van der Waals surface area contributed by atoms with Crippen LogP contribution in [0.5, 0.6) is 5.75 Å². The second kappa shape index (κ2) is 5.88. The lowest BCUT2D eigenvalue weighted by Crippen LogP contribution is -2.56. The number of carbonyl (C=O) groups excluding carboxylic acids is 1. The molecule has 22 heavy (non-hydrogen) atoms. The molecule has 3 atom stereocenters. The van der Waals surface area contributed by atoms with E-state index >= 15 is 0 Å². The van der Waals surface area contributed by atoms with Crippen molar-refractivity contribution in [2.24, 2.45) is 5.92 Å². The molecule has 2 N–H and O–H groups in total. The molecule has 0 aliphatic heterocycles. The average molecular weight is 366 g/mol. The molecule has 1 fully saturated rings. The van der Waals surface area contributed by atoms with Gasteiger partial charge in [0.2, 0.25) is 5.91 Å². The van der Waals surface area contributed by atoms with Crippen LogP contribution in [0.2, 0.25) is 0 Å². The Labute approximate surface area is 140 Å². The number of fused-ring (bicyclic) bond motifs is 4. The monoisotopic (exact) mass is 365 g/mol. The molecule has 0 heterocycles. The van der Waals surface area contributed by atoms with Gasteiger partial charge < -0.3 is 10.4 Å². The summed E-state index contributed by atoms with van der Waals surface area (Å²) in [5, 5.41) is 13.4. The second-order valence-corrected chi connectivity index (χ2v) is 7.97. The third-order valence-electron chi connectivity index (χ3n) is 5.56. The van der Waals surface area contributed by atoms with Gasteiger partial charge in [0.05, 0.1) is 4.47 Å². The first-order valence-electron chi connectivity index (χ1n) is 8.21. The molecule has 0 aromatic heterocycles. The topological polar surface area (TPSA) is 49.3 Å². The van der Waals surface area contributed by atoms with E-state index in [1.807, 2.05) is 6.07 Å². The van der Waals surface area contributed by atoms with Crippen molar-refractivity contribution < 1.29 is 9.90 Å². The van der Waals surface area contributed by atoms with Gasteiger partial charge in [0.15, 0.2) is 0 Å². The van der Waals surface area contributed by atoms with Gasteiger partial charge in [0.25, 0.3) is 0 Å². The fourth-order valence-electron chi connectivity index (χ4n) is 4.52. The molecule has 3 rings (SSSR count). The summed E-state index contributed by atoms with van der Waals surface area (Å²) < 4.78 is 0.766. The number of carbonyl (C=O) groups is 1. The van der Waals surface area contributed by atoms with Crippen LogP contribution in [-0.4, -0.2) is 17.1 Å². The van der Waals surface area contributed by atoms with Gasteiger partial charge in [-0.3, -0.25) is 4.79 Å². The SMILES string of the molecule is CC(=O)NC1C2CCCCCC1(C)c1cc(O)c(Br)cc1C2. The van der Waals surface area contributed by atoms with Gasteiger partial charge in [0, 0.05) is 18.4 Å². The van der Waals surface area contributed by atoms with Gasteiger partial charge >= 0.3 is 0 Å². The molecule has 120 valence electrons. The zero-order chi connectivity index (χ0) is 15.9. The Hall–Kier alpha value is -1.03. The van der Waals surface area contributed by atoms with E-state index in [1.54, 1.807) is 6.92 Å². The third kappa shape index (κ3) is 2.66. The molecule has 4 heteroatoms. The molecular weight excluding hydrogens is 342 g/mol. The molecule has 1 aromatic rings. The summed E-state index contributed by atoms with van der Waals surface area (Å²) in [6.45, 7) is 3.87. The number of rotatable bonds is 1. The molecule has 2 bridgehead atoms. The average Bonchev–Trinajstić information content (AvgIpc) is 2.44. The minimum Gasteiger partial charge on any atom is -0.507 e. The van der Waals surface area contributed by atoms with Gasteiger partial charge in [-0.1, -0.05) is 26.2 Å². The summed E-state index contributed by atoms with van der Waals surface area (Å²) in [6.07, 6.45) is 6.88. The van der Waals surface area contributed by atoms with E-state index in [2.05, 4.69) is 34.2 Å². The Morgan fingerprint density at radius 3 is 2.86 bits per heavy atom. The number of aromatic hydroxyl groups is 1. The maximum atomic E-state index is 11.7. The van der Waals surface area contributed by atoms with Crippen LogP contribution < -0.4 is 5.32 Å². The summed E-state index contributed by atoms with van der Waals surface area (Å²) in [7, 11) is 0. The van der Waals surface area contributed by atoms with Crippen molar-refractivity contribution in [3.05, 3.63) is 27.7 Å². The minimum absolute atomic E-state index is 0.0478. The van der Waals surface area contributed by atoms with Crippen molar-refractivity contribution in [3.8, 4) is 5.75 Å². The first-order chi connectivity index (χ1) is 10.4. The van der Waals surface area contributed by atoms with Gasteiger partial charge in [-0.25, -0.2) is 0 Å². The van der Waals surface area contributed by atoms with Crippen LogP contribution in [0.25, 0.3) is 0 Å². The zero-order valence-corrected chi connectivity index (χ0v) is 14.9. The Bertz CT molecular complexity index is 601. The standard InChI is InChI=1S/C18H24BrNO2/c1-11(21)20-17-12-6-4-3-5-7-18(17,2)14-10-16(22)15(19)9-13(14)8-12/h9-10,12,17,22H,3-8H2,1-2H3,(H,20,21). The lowest BCUT2D eigenvalue weighted by Gasteiger charge is -2.49. The molecule has 3 nitrogen and oxygen atoms in total. The lowest BCUT2D eigenvalue weighted by atomic mass is 9.59. The number of hydrogen-bond acceptors (Lipinski definition) is 2. The highest BCUT2D eigenvalue weighted by molar-refractivity contribution is 9.10. The first kappa shape index (κ1) is 15.9. The maximum absolute atomic E-state index is 11.7. The first-order valence-corrected chi connectivity index (χ1v) is 9.00. The fraction of sp³-hybridized carbons (Fsp3) is 0.611. The van der Waals surface area contributed by atoms with Crippen LogP contribution in [0.3, 0.4) is 0 Å². The lowest BCUT2D eigenvalue weighted by molar-refractivity contribution is -0.120. The zero-order valence-electron chi connectivity index (χ0n) is 13.3. The predicted molar refractivity (Wildman–Crippen MR) is 91.0 cm³/mol. The molecule has 2 aliphatic carbocycles. The Kier molecular flexibility index (Phi) is 4.23. The minimum atomic E-state index is -0.0947. The van der Waals surface area contributed by atoms with E-state index in [0.29, 0.717) is 11.7 Å². The normalized spacial score (nSPS) is 30.9. The molecule has 2 aliphatic rings. The van der Waals surface area contributed by atoms with Crippen molar-refractivity contribution in [1.29, 1.82) is 0 Å². The summed E-state index contributed by atoms with van der Waals surface area (Å²) in [5.74, 6) is 0.826. The van der Waals surface area contributed by atoms with Crippen LogP contribution in [0.15, 0.2) is 16.6 Å². The second-order valence-electron chi connectivity index (χ2n) is 7.12. The number of phenols is 1. The molecule has 3 unspecified atom stereocenters. The van der Waals surface area contributed by atoms with Crippen molar-refractivity contribution in [2.75, 3.05) is 0 Å². The highest BCUT2D eigenvalue weighted by Gasteiger charge is 2.46. The third-order valence-corrected chi connectivity index (χ3v) is 6.19. The molecule has 0 spiro atoms. The van der Waals surface area contributed by atoms with Gasteiger partial charge in [-0.15, -0.1) is 0 Å². The Balaban J connectivity index is 2.13. The van der Waals surface area contributed by atoms with E-state index in [4.69, 9.17) is 0 Å². The van der Waals surface area contributed by atoms with Crippen molar-refractivity contribution in [2.45, 2.75) is 63.8 Å². The Morgan fingerprint density at radius 1 is 1.36 bits per heavy atom. The van der Waals surface area contributed by atoms with E-state index in [-0.39, 0.29) is 17.4 Å². The quantitative estimate of drug-likeness (QED) is 0.788. The van der Waals surface area contributed by atoms with Crippen LogP contribution in [0.1, 0.15) is 57.1 Å². The summed E-state index contributed by atoms with van der Waals surface area (Å²) in [4.78, 5) is 11.7. The van der Waals surface area contributed by atoms with Crippen molar-refractivity contribution in [3.63, 3.8) is 0 Å². The van der Waals surface area contributed by atoms with Crippen LogP contribution >= 0.6 is 15.9 Å². The van der Waals surface area contributed by atoms with E-state index in [9.17, 15) is 9.90 Å². The van der Waals surface area contributed by atoms with Crippen LogP contribution in [0, 0.1) is 5.92 Å². The highest BCUT2D eigenvalue weighted by atomic mass is 79.9. The summed E-state index contributed by atoms with van der Waals surface area (Å²) >= 11 is 3.44. The number of hydrogen-bond donors (Lipinski definition) is 2. The van der Waals surface area contributed by atoms with Crippen molar-refractivity contribution in [1.82, 2.24) is 5.32 Å². The molecule has 1 saturated carbocycles. The number of benzene rings is 1. The van der Waals surface area contributed by atoms with Crippen LogP contribution in [-0.2, 0) is 16.6 Å².